The van der Waals surface area contributed by atoms with Crippen LogP contribution < -0.4 is 10.1 Å². The van der Waals surface area contributed by atoms with Crippen LogP contribution in [0, 0.1) is 5.92 Å². The van der Waals surface area contributed by atoms with Crippen LogP contribution in [0.25, 0.3) is 0 Å². The molecule has 1 aliphatic rings. The Morgan fingerprint density at radius 2 is 1.75 bits per heavy atom. The molecule has 5 heteroatoms. The minimum absolute atomic E-state index is 0.0147. The number of nitrogens with zero attached hydrogens (tertiary/aromatic N) is 1. The van der Waals surface area contributed by atoms with Gasteiger partial charge in [0.05, 0.1) is 11.8 Å². The molecule has 28 heavy (non-hydrogen) atoms. The van der Waals surface area contributed by atoms with Crippen molar-refractivity contribution in [3.05, 3.63) is 59.7 Å². The summed E-state index contributed by atoms with van der Waals surface area (Å²) in [6.45, 7) is 7.66. The molecule has 1 heterocycles. The van der Waals surface area contributed by atoms with Gasteiger partial charge in [0, 0.05) is 24.2 Å². The van der Waals surface area contributed by atoms with E-state index in [1.165, 1.54) is 6.42 Å². The molecule has 1 fully saturated rings. The van der Waals surface area contributed by atoms with Crippen LogP contribution in [0.1, 0.15) is 54.3 Å². The maximum absolute atomic E-state index is 12.7. The molecule has 2 aromatic carbocycles. The van der Waals surface area contributed by atoms with Crippen molar-refractivity contribution in [1.29, 1.82) is 0 Å². The van der Waals surface area contributed by atoms with E-state index in [1.54, 1.807) is 24.3 Å². The highest BCUT2D eigenvalue weighted by Gasteiger charge is 2.22. The Morgan fingerprint density at radius 1 is 1.07 bits per heavy atom. The zero-order chi connectivity index (χ0) is 20.1. The molecule has 0 radical (unpaired) electrons. The fraction of sp³-hybridized carbons (Fsp3) is 0.391. The van der Waals surface area contributed by atoms with E-state index < -0.39 is 0 Å². The summed E-state index contributed by atoms with van der Waals surface area (Å²) in [6.07, 6.45) is 2.23. The molecule has 1 aliphatic heterocycles. The first-order chi connectivity index (χ1) is 13.4. The highest BCUT2D eigenvalue weighted by atomic mass is 16.5. The minimum Gasteiger partial charge on any atom is -0.489 e. The Morgan fingerprint density at radius 3 is 2.43 bits per heavy atom. The number of para-hydroxylation sites is 2. The lowest BCUT2D eigenvalue weighted by atomic mass is 9.99. The summed E-state index contributed by atoms with van der Waals surface area (Å²) in [5.41, 5.74) is 1.75. The molecule has 5 nitrogen and oxygen atoms in total. The van der Waals surface area contributed by atoms with Crippen molar-refractivity contribution in [2.45, 2.75) is 39.7 Å². The number of anilines is 1. The van der Waals surface area contributed by atoms with Crippen LogP contribution >= 0.6 is 0 Å². The molecule has 0 saturated carbocycles. The molecule has 1 unspecified atom stereocenters. The van der Waals surface area contributed by atoms with Gasteiger partial charge in [0.15, 0.2) is 0 Å². The summed E-state index contributed by atoms with van der Waals surface area (Å²) < 4.78 is 5.74. The number of ether oxygens (including phenoxy) is 1. The second kappa shape index (κ2) is 8.91. The first-order valence-corrected chi connectivity index (χ1v) is 9.90. The van der Waals surface area contributed by atoms with Gasteiger partial charge in [-0.3, -0.25) is 9.59 Å². The van der Waals surface area contributed by atoms with Crippen molar-refractivity contribution in [3.8, 4) is 5.75 Å². The van der Waals surface area contributed by atoms with E-state index >= 15 is 0 Å². The van der Waals surface area contributed by atoms with Crippen LogP contribution in [-0.2, 0) is 0 Å². The minimum atomic E-state index is -0.231. The molecule has 1 N–H and O–H groups in total. The van der Waals surface area contributed by atoms with Crippen LogP contribution in [-0.4, -0.2) is 35.9 Å². The first kappa shape index (κ1) is 19.9. The van der Waals surface area contributed by atoms with Gasteiger partial charge in [-0.2, -0.15) is 0 Å². The zero-order valence-corrected chi connectivity index (χ0v) is 16.8. The number of piperidine rings is 1. The van der Waals surface area contributed by atoms with Gasteiger partial charge < -0.3 is 15.0 Å². The van der Waals surface area contributed by atoms with Gasteiger partial charge in [-0.25, -0.2) is 0 Å². The number of hydrogen-bond donors (Lipinski definition) is 1. The maximum atomic E-state index is 12.7. The Labute approximate surface area is 166 Å². The fourth-order valence-electron chi connectivity index (χ4n) is 3.44. The monoisotopic (exact) mass is 380 g/mol. The second-order valence-electron chi connectivity index (χ2n) is 7.69. The van der Waals surface area contributed by atoms with Crippen LogP contribution in [0.15, 0.2) is 48.5 Å². The third kappa shape index (κ3) is 4.91. The summed E-state index contributed by atoms with van der Waals surface area (Å²) in [5, 5.41) is 2.89. The smallest absolute Gasteiger partial charge is 0.255 e. The molecule has 1 atom stereocenters. The summed E-state index contributed by atoms with van der Waals surface area (Å²) in [5.74, 6) is 0.979. The van der Waals surface area contributed by atoms with E-state index in [-0.39, 0.29) is 17.9 Å². The van der Waals surface area contributed by atoms with Gasteiger partial charge in [-0.1, -0.05) is 19.1 Å². The van der Waals surface area contributed by atoms with Gasteiger partial charge in [0.2, 0.25) is 0 Å². The molecule has 1 saturated heterocycles. The number of nitrogens with one attached hydrogen (secondary N) is 1. The average molecular weight is 380 g/mol. The number of amides is 2. The fourth-order valence-corrected chi connectivity index (χ4v) is 3.44. The molecular formula is C23H28N2O3. The second-order valence-corrected chi connectivity index (χ2v) is 7.69. The molecule has 0 spiro atoms. The summed E-state index contributed by atoms with van der Waals surface area (Å²) >= 11 is 0. The van der Waals surface area contributed by atoms with Crippen molar-refractivity contribution in [1.82, 2.24) is 4.90 Å². The molecule has 0 aromatic heterocycles. The van der Waals surface area contributed by atoms with E-state index in [2.05, 4.69) is 12.2 Å². The van der Waals surface area contributed by atoms with E-state index in [0.29, 0.717) is 28.5 Å². The topological polar surface area (TPSA) is 58.6 Å². The van der Waals surface area contributed by atoms with Gasteiger partial charge in [-0.15, -0.1) is 0 Å². The number of rotatable bonds is 5. The van der Waals surface area contributed by atoms with E-state index in [0.717, 1.165) is 19.5 Å². The van der Waals surface area contributed by atoms with Crippen LogP contribution in [0.2, 0.25) is 0 Å². The van der Waals surface area contributed by atoms with Crippen LogP contribution in [0.4, 0.5) is 5.69 Å². The number of benzene rings is 2. The lowest BCUT2D eigenvalue weighted by Crippen LogP contribution is -2.39. The van der Waals surface area contributed by atoms with Crippen molar-refractivity contribution in [2.24, 2.45) is 5.92 Å². The highest BCUT2D eigenvalue weighted by molar-refractivity contribution is 6.05. The Balaban J connectivity index is 1.68. The maximum Gasteiger partial charge on any atom is 0.255 e. The molecule has 3 rings (SSSR count). The van der Waals surface area contributed by atoms with Crippen molar-refractivity contribution < 1.29 is 14.3 Å². The Kier molecular flexibility index (Phi) is 6.34. The predicted molar refractivity (Wildman–Crippen MR) is 111 cm³/mol. The standard InChI is InChI=1S/C23H28N2O3/c1-16(2)28-21-9-5-4-8-20(21)24-22(26)18-10-12-19(13-11-18)23(27)25-14-6-7-17(3)15-25/h4-5,8-13,16-17H,6-7,14-15H2,1-3H3,(H,24,26). The largest absolute Gasteiger partial charge is 0.489 e. The highest BCUT2D eigenvalue weighted by Crippen LogP contribution is 2.25. The Hall–Kier alpha value is -2.82. The SMILES string of the molecule is CC1CCCN(C(=O)c2ccc(C(=O)Nc3ccccc3OC(C)C)cc2)C1. The number of carbonyl (C=O) groups excluding carboxylic acids is 2. The van der Waals surface area contributed by atoms with Gasteiger partial charge in [-0.05, 0) is 69.0 Å². The predicted octanol–water partition coefficient (Wildman–Crippen LogP) is 4.60. The summed E-state index contributed by atoms with van der Waals surface area (Å²) in [6, 6.07) is 14.2. The van der Waals surface area contributed by atoms with Crippen molar-refractivity contribution in [3.63, 3.8) is 0 Å². The molecule has 0 bridgehead atoms. The molecule has 2 amide bonds. The third-order valence-corrected chi connectivity index (χ3v) is 4.84. The quantitative estimate of drug-likeness (QED) is 0.825. The summed E-state index contributed by atoms with van der Waals surface area (Å²) in [7, 11) is 0. The van der Waals surface area contributed by atoms with E-state index in [4.69, 9.17) is 4.74 Å². The average Bonchev–Trinajstić information content (AvgIpc) is 2.68. The third-order valence-electron chi connectivity index (χ3n) is 4.84. The van der Waals surface area contributed by atoms with Gasteiger partial charge in [0.1, 0.15) is 5.75 Å². The Bertz CT molecular complexity index is 830. The van der Waals surface area contributed by atoms with E-state index in [1.807, 2.05) is 43.0 Å². The molecule has 2 aromatic rings. The van der Waals surface area contributed by atoms with E-state index in [9.17, 15) is 9.59 Å². The first-order valence-electron chi connectivity index (χ1n) is 9.90. The lowest BCUT2D eigenvalue weighted by molar-refractivity contribution is 0.0682. The van der Waals surface area contributed by atoms with Crippen LogP contribution in [0.3, 0.4) is 0 Å². The van der Waals surface area contributed by atoms with Gasteiger partial charge in [0.25, 0.3) is 11.8 Å². The summed E-state index contributed by atoms with van der Waals surface area (Å²) in [4.78, 5) is 27.2. The zero-order valence-electron chi connectivity index (χ0n) is 16.8. The lowest BCUT2D eigenvalue weighted by Gasteiger charge is -2.31. The molecule has 148 valence electrons. The number of likely N-dealkylation sites (tertiary alicyclic amines) is 1. The number of hydrogen-bond acceptors (Lipinski definition) is 3. The normalized spacial score (nSPS) is 16.7. The van der Waals surface area contributed by atoms with Crippen LogP contribution in [0.5, 0.6) is 5.75 Å². The van der Waals surface area contributed by atoms with Gasteiger partial charge >= 0.3 is 0 Å². The molecule has 0 aliphatic carbocycles. The number of carbonyl (C=O) groups is 2. The van der Waals surface area contributed by atoms with Crippen molar-refractivity contribution in [2.75, 3.05) is 18.4 Å². The van der Waals surface area contributed by atoms with Crippen molar-refractivity contribution >= 4 is 17.5 Å². The molecular weight excluding hydrogens is 352 g/mol.